The number of hydrogen-bond donors (Lipinski definition) is 2. The summed E-state index contributed by atoms with van der Waals surface area (Å²) < 4.78 is 11.7. The highest BCUT2D eigenvalue weighted by Gasteiger charge is 2.29. The van der Waals surface area contributed by atoms with Gasteiger partial charge in [0.25, 0.3) is 0 Å². The first-order chi connectivity index (χ1) is 11.8. The zero-order valence-corrected chi connectivity index (χ0v) is 19.1. The number of rotatable bonds is 6. The van der Waals surface area contributed by atoms with Crippen LogP contribution in [0.25, 0.3) is 0 Å². The lowest BCUT2D eigenvalue weighted by molar-refractivity contribution is -0.0149. The molecule has 0 aliphatic carbocycles. The number of hydrogen-bond acceptors (Lipinski definition) is 3. The molecule has 1 aromatic carbocycles. The SMILES string of the molecule is CN=C(NCc1cccc(COC(C)(C)C)c1)NCC1(C)CCCO1.I. The molecule has 1 aromatic rings. The molecule has 0 amide bonds. The van der Waals surface area contributed by atoms with E-state index >= 15 is 0 Å². The van der Waals surface area contributed by atoms with Crippen LogP contribution in [-0.2, 0) is 22.6 Å². The number of nitrogens with one attached hydrogen (secondary N) is 2. The zero-order chi connectivity index (χ0) is 18.3. The van der Waals surface area contributed by atoms with Crippen molar-refractivity contribution >= 4 is 29.9 Å². The third-order valence-corrected chi connectivity index (χ3v) is 4.28. The molecular weight excluding hydrogens is 441 g/mol. The summed E-state index contributed by atoms with van der Waals surface area (Å²) in [6.45, 7) is 11.3. The van der Waals surface area contributed by atoms with E-state index in [1.807, 2.05) is 0 Å². The van der Waals surface area contributed by atoms with Gasteiger partial charge in [0.15, 0.2) is 5.96 Å². The Bertz CT molecular complexity index is 579. The summed E-state index contributed by atoms with van der Waals surface area (Å²) in [5.74, 6) is 0.799. The second-order valence-corrected chi connectivity index (χ2v) is 7.90. The summed E-state index contributed by atoms with van der Waals surface area (Å²) in [5.41, 5.74) is 2.19. The summed E-state index contributed by atoms with van der Waals surface area (Å²) in [5, 5.41) is 6.74. The van der Waals surface area contributed by atoms with E-state index in [-0.39, 0.29) is 35.2 Å². The second kappa shape index (κ2) is 10.5. The van der Waals surface area contributed by atoms with Crippen molar-refractivity contribution in [3.63, 3.8) is 0 Å². The molecule has 5 nitrogen and oxygen atoms in total. The van der Waals surface area contributed by atoms with E-state index in [0.29, 0.717) is 6.61 Å². The summed E-state index contributed by atoms with van der Waals surface area (Å²) in [6.07, 6.45) is 2.22. The minimum atomic E-state index is -0.126. The van der Waals surface area contributed by atoms with Crippen molar-refractivity contribution in [3.8, 4) is 0 Å². The third kappa shape index (κ3) is 8.22. The van der Waals surface area contributed by atoms with Crippen LogP contribution >= 0.6 is 24.0 Å². The molecule has 0 aromatic heterocycles. The summed E-state index contributed by atoms with van der Waals surface area (Å²) in [4.78, 5) is 4.30. The molecule has 1 aliphatic heterocycles. The van der Waals surface area contributed by atoms with Gasteiger partial charge < -0.3 is 20.1 Å². The van der Waals surface area contributed by atoms with Crippen molar-refractivity contribution in [1.29, 1.82) is 0 Å². The van der Waals surface area contributed by atoms with Crippen LogP contribution in [-0.4, -0.2) is 37.4 Å². The number of ether oxygens (including phenoxy) is 2. The number of aliphatic imine (C=N–C) groups is 1. The monoisotopic (exact) mass is 475 g/mol. The van der Waals surface area contributed by atoms with Crippen molar-refractivity contribution < 1.29 is 9.47 Å². The molecule has 0 spiro atoms. The van der Waals surface area contributed by atoms with Gasteiger partial charge in [0.05, 0.1) is 17.8 Å². The van der Waals surface area contributed by atoms with E-state index < -0.39 is 0 Å². The van der Waals surface area contributed by atoms with Crippen molar-refractivity contribution in [2.75, 3.05) is 20.2 Å². The highest BCUT2D eigenvalue weighted by Crippen LogP contribution is 2.23. The van der Waals surface area contributed by atoms with Crippen molar-refractivity contribution in [2.24, 2.45) is 4.99 Å². The fourth-order valence-electron chi connectivity index (χ4n) is 2.78. The highest BCUT2D eigenvalue weighted by molar-refractivity contribution is 14.0. The Morgan fingerprint density at radius 3 is 2.62 bits per heavy atom. The topological polar surface area (TPSA) is 54.9 Å². The van der Waals surface area contributed by atoms with E-state index in [2.05, 4.69) is 67.6 Å². The van der Waals surface area contributed by atoms with Crippen LogP contribution in [0.4, 0.5) is 0 Å². The molecule has 1 fully saturated rings. The van der Waals surface area contributed by atoms with E-state index in [0.717, 1.165) is 38.5 Å². The maximum Gasteiger partial charge on any atom is 0.191 e. The quantitative estimate of drug-likeness (QED) is 0.373. The predicted octanol–water partition coefficient (Wildman–Crippen LogP) is 3.85. The van der Waals surface area contributed by atoms with Gasteiger partial charge in [0.1, 0.15) is 0 Å². The number of nitrogens with zero attached hydrogens (tertiary/aromatic N) is 1. The summed E-state index contributed by atoms with van der Waals surface area (Å²) in [6, 6.07) is 8.46. The zero-order valence-electron chi connectivity index (χ0n) is 16.7. The molecule has 1 saturated heterocycles. The molecule has 2 rings (SSSR count). The molecular formula is C20H34IN3O2. The molecule has 1 aliphatic rings. The molecule has 0 saturated carbocycles. The Hall–Kier alpha value is -0.860. The molecule has 1 unspecified atom stereocenters. The van der Waals surface area contributed by atoms with E-state index in [1.54, 1.807) is 7.05 Å². The van der Waals surface area contributed by atoms with Crippen LogP contribution in [0, 0.1) is 0 Å². The van der Waals surface area contributed by atoms with Crippen LogP contribution in [0.15, 0.2) is 29.3 Å². The third-order valence-electron chi connectivity index (χ3n) is 4.28. The van der Waals surface area contributed by atoms with Crippen LogP contribution in [0.2, 0.25) is 0 Å². The molecule has 0 bridgehead atoms. The van der Waals surface area contributed by atoms with Crippen molar-refractivity contribution in [3.05, 3.63) is 35.4 Å². The minimum absolute atomic E-state index is 0. The first-order valence-corrected chi connectivity index (χ1v) is 9.10. The average Bonchev–Trinajstić information content (AvgIpc) is 3.00. The van der Waals surface area contributed by atoms with Gasteiger partial charge in [-0.25, -0.2) is 0 Å². The van der Waals surface area contributed by atoms with Crippen LogP contribution < -0.4 is 10.6 Å². The first-order valence-electron chi connectivity index (χ1n) is 9.10. The Labute approximate surface area is 175 Å². The van der Waals surface area contributed by atoms with Gasteiger partial charge in [-0.3, -0.25) is 4.99 Å². The Balaban J connectivity index is 0.00000338. The summed E-state index contributed by atoms with van der Waals surface area (Å²) >= 11 is 0. The highest BCUT2D eigenvalue weighted by atomic mass is 127. The van der Waals surface area contributed by atoms with Gasteiger partial charge in [-0.05, 0) is 51.7 Å². The Morgan fingerprint density at radius 2 is 2.00 bits per heavy atom. The van der Waals surface area contributed by atoms with E-state index in [4.69, 9.17) is 9.47 Å². The molecule has 1 heterocycles. The lowest BCUT2D eigenvalue weighted by atomic mass is 10.0. The number of halogens is 1. The fourth-order valence-corrected chi connectivity index (χ4v) is 2.78. The lowest BCUT2D eigenvalue weighted by Gasteiger charge is -2.24. The lowest BCUT2D eigenvalue weighted by Crippen LogP contribution is -2.45. The van der Waals surface area contributed by atoms with Gasteiger partial charge in [0.2, 0.25) is 0 Å². The molecule has 2 N–H and O–H groups in total. The van der Waals surface area contributed by atoms with E-state index in [1.165, 1.54) is 11.1 Å². The van der Waals surface area contributed by atoms with E-state index in [9.17, 15) is 0 Å². The molecule has 148 valence electrons. The van der Waals surface area contributed by atoms with Gasteiger partial charge in [-0.1, -0.05) is 24.3 Å². The molecule has 1 atom stereocenters. The normalized spacial score (nSPS) is 20.6. The Kier molecular flexibility index (Phi) is 9.33. The largest absolute Gasteiger partial charge is 0.373 e. The van der Waals surface area contributed by atoms with Gasteiger partial charge in [-0.15, -0.1) is 24.0 Å². The Morgan fingerprint density at radius 1 is 1.27 bits per heavy atom. The maximum absolute atomic E-state index is 5.85. The fraction of sp³-hybridized carbons (Fsp3) is 0.650. The second-order valence-electron chi connectivity index (χ2n) is 7.90. The van der Waals surface area contributed by atoms with Gasteiger partial charge in [0, 0.05) is 26.7 Å². The van der Waals surface area contributed by atoms with Gasteiger partial charge >= 0.3 is 0 Å². The van der Waals surface area contributed by atoms with Crippen LogP contribution in [0.1, 0.15) is 51.7 Å². The number of benzene rings is 1. The summed E-state index contributed by atoms with van der Waals surface area (Å²) in [7, 11) is 1.79. The standard InChI is InChI=1S/C20H33N3O2.HI/c1-19(2,3)25-14-17-9-6-8-16(12-17)13-22-18(21-5)23-15-20(4)10-7-11-24-20;/h6,8-9,12H,7,10-11,13-15H2,1-5H3,(H2,21,22,23);1H. The molecule has 0 radical (unpaired) electrons. The number of guanidine groups is 1. The van der Waals surface area contributed by atoms with Crippen LogP contribution in [0.5, 0.6) is 0 Å². The minimum Gasteiger partial charge on any atom is -0.373 e. The first kappa shape index (κ1) is 23.2. The average molecular weight is 475 g/mol. The van der Waals surface area contributed by atoms with Crippen LogP contribution in [0.3, 0.4) is 0 Å². The predicted molar refractivity (Wildman–Crippen MR) is 118 cm³/mol. The van der Waals surface area contributed by atoms with Crippen molar-refractivity contribution in [2.45, 2.75) is 64.9 Å². The molecule has 26 heavy (non-hydrogen) atoms. The van der Waals surface area contributed by atoms with Crippen molar-refractivity contribution in [1.82, 2.24) is 10.6 Å². The maximum atomic E-state index is 5.85. The molecule has 6 heteroatoms. The smallest absolute Gasteiger partial charge is 0.191 e. The van der Waals surface area contributed by atoms with Gasteiger partial charge in [-0.2, -0.15) is 0 Å².